The average Bonchev–Trinajstić information content (AvgIpc) is 2.93. The van der Waals surface area contributed by atoms with E-state index >= 15 is 0 Å². The minimum atomic E-state index is -0.516. The second-order valence-electron chi connectivity index (χ2n) is 5.27. The Labute approximate surface area is 127 Å². The fraction of sp³-hybridized carbons (Fsp3) is 0.467. The number of esters is 1. The molecule has 3 atom stereocenters. The number of fused-ring (bicyclic) bond motifs is 1. The molecule has 1 aromatic carbocycles. The molecule has 0 radical (unpaired) electrons. The summed E-state index contributed by atoms with van der Waals surface area (Å²) in [6, 6.07) is 4.27. The predicted molar refractivity (Wildman–Crippen MR) is 76.6 cm³/mol. The molecule has 0 spiro atoms. The molecular weight excluding hydrogens is 288 g/mol. The topological polar surface area (TPSA) is 85.9 Å². The zero-order valence-electron chi connectivity index (χ0n) is 12.4. The predicted octanol–water partition coefficient (Wildman–Crippen LogP) is 1.34. The lowest BCUT2D eigenvalue weighted by molar-refractivity contribution is -0.150. The van der Waals surface area contributed by atoms with Gasteiger partial charge in [0, 0.05) is 6.04 Å². The number of carbonyl (C=O) groups is 2. The van der Waals surface area contributed by atoms with Gasteiger partial charge >= 0.3 is 12.0 Å². The molecule has 0 bridgehead atoms. The molecule has 0 saturated carbocycles. The maximum Gasteiger partial charge on any atom is 0.315 e. The maximum absolute atomic E-state index is 12.3. The molecule has 2 N–H and O–H groups in total. The molecule has 0 aromatic heterocycles. The van der Waals surface area contributed by atoms with Crippen molar-refractivity contribution in [1.29, 1.82) is 0 Å². The van der Waals surface area contributed by atoms with Crippen molar-refractivity contribution >= 4 is 12.0 Å². The monoisotopic (exact) mass is 306 g/mol. The van der Waals surface area contributed by atoms with E-state index in [1.165, 1.54) is 0 Å². The summed E-state index contributed by atoms with van der Waals surface area (Å²) in [5, 5.41) is 5.51. The first-order valence-corrected chi connectivity index (χ1v) is 7.23. The van der Waals surface area contributed by atoms with Gasteiger partial charge in [-0.05, 0) is 31.5 Å². The van der Waals surface area contributed by atoms with Gasteiger partial charge in [-0.15, -0.1) is 0 Å². The molecule has 7 nitrogen and oxygen atoms in total. The molecule has 22 heavy (non-hydrogen) atoms. The Bertz CT molecular complexity index is 604. The number of amides is 2. The van der Waals surface area contributed by atoms with Crippen LogP contribution in [0.4, 0.5) is 4.79 Å². The molecule has 2 amide bonds. The lowest BCUT2D eigenvalue weighted by Crippen LogP contribution is -2.57. The Morgan fingerprint density at radius 1 is 1.32 bits per heavy atom. The van der Waals surface area contributed by atoms with Crippen LogP contribution in [0.15, 0.2) is 18.2 Å². The zero-order valence-corrected chi connectivity index (χ0v) is 12.4. The van der Waals surface area contributed by atoms with Crippen molar-refractivity contribution in [1.82, 2.24) is 10.6 Å². The van der Waals surface area contributed by atoms with Gasteiger partial charge in [0.05, 0.1) is 12.6 Å². The highest BCUT2D eigenvalue weighted by Gasteiger charge is 2.41. The number of benzene rings is 1. The molecule has 3 unspecified atom stereocenters. The van der Waals surface area contributed by atoms with Gasteiger partial charge in [-0.1, -0.05) is 6.07 Å². The summed E-state index contributed by atoms with van der Waals surface area (Å²) >= 11 is 0. The standard InChI is InChI=1S/C15H18N2O5/c1-3-20-14(18)12-8(2)16-15(19)17-13(12)9-4-5-10-11(6-9)22-7-21-10/h4-6,8,12-13H,3,7H2,1-2H3,(H2,16,17,19). The third-order valence-corrected chi connectivity index (χ3v) is 3.86. The third-order valence-electron chi connectivity index (χ3n) is 3.86. The molecule has 118 valence electrons. The molecule has 1 fully saturated rings. The van der Waals surface area contributed by atoms with Crippen LogP contribution in [0.3, 0.4) is 0 Å². The number of carbonyl (C=O) groups excluding carboxylic acids is 2. The molecule has 1 aromatic rings. The molecular formula is C15H18N2O5. The number of nitrogens with one attached hydrogen (secondary N) is 2. The van der Waals surface area contributed by atoms with Crippen molar-refractivity contribution in [2.45, 2.75) is 25.9 Å². The first-order chi connectivity index (χ1) is 10.6. The van der Waals surface area contributed by atoms with Gasteiger partial charge < -0.3 is 24.8 Å². The number of hydrogen-bond acceptors (Lipinski definition) is 5. The SMILES string of the molecule is CCOC(=O)C1C(C)NC(=O)NC1c1ccc2c(c1)OCO2. The van der Waals surface area contributed by atoms with E-state index in [9.17, 15) is 9.59 Å². The molecule has 2 heterocycles. The number of hydrogen-bond donors (Lipinski definition) is 2. The summed E-state index contributed by atoms with van der Waals surface area (Å²) in [7, 11) is 0. The van der Waals surface area contributed by atoms with Gasteiger partial charge in [0.25, 0.3) is 0 Å². The Balaban J connectivity index is 1.93. The summed E-state index contributed by atoms with van der Waals surface area (Å²) < 4.78 is 15.8. The molecule has 2 aliphatic rings. The Hall–Kier alpha value is -2.44. The number of rotatable bonds is 3. The quantitative estimate of drug-likeness (QED) is 0.823. The van der Waals surface area contributed by atoms with Gasteiger partial charge in [0.2, 0.25) is 6.79 Å². The van der Waals surface area contributed by atoms with Crippen LogP contribution in [0, 0.1) is 5.92 Å². The van der Waals surface area contributed by atoms with E-state index in [2.05, 4.69) is 10.6 Å². The minimum absolute atomic E-state index is 0.176. The highest BCUT2D eigenvalue weighted by molar-refractivity contribution is 5.82. The first-order valence-electron chi connectivity index (χ1n) is 7.23. The minimum Gasteiger partial charge on any atom is -0.466 e. The highest BCUT2D eigenvalue weighted by atomic mass is 16.7. The van der Waals surface area contributed by atoms with Crippen LogP contribution in [0.2, 0.25) is 0 Å². The Kier molecular flexibility index (Phi) is 3.79. The molecule has 7 heteroatoms. The van der Waals surface area contributed by atoms with E-state index in [1.54, 1.807) is 26.0 Å². The van der Waals surface area contributed by atoms with E-state index < -0.39 is 12.0 Å². The van der Waals surface area contributed by atoms with Crippen molar-refractivity contribution in [2.24, 2.45) is 5.92 Å². The van der Waals surface area contributed by atoms with Gasteiger partial charge in [0.1, 0.15) is 5.92 Å². The van der Waals surface area contributed by atoms with Gasteiger partial charge in [-0.25, -0.2) is 4.79 Å². The van der Waals surface area contributed by atoms with Crippen LogP contribution in [-0.2, 0) is 9.53 Å². The summed E-state index contributed by atoms with van der Waals surface area (Å²) in [5.41, 5.74) is 0.781. The van der Waals surface area contributed by atoms with Gasteiger partial charge in [-0.2, -0.15) is 0 Å². The summed E-state index contributed by atoms with van der Waals surface area (Å²) in [6.45, 7) is 4.02. The summed E-state index contributed by atoms with van der Waals surface area (Å²) in [4.78, 5) is 24.0. The van der Waals surface area contributed by atoms with Crippen LogP contribution in [0.1, 0.15) is 25.5 Å². The second kappa shape index (κ2) is 5.75. The lowest BCUT2D eigenvalue weighted by Gasteiger charge is -2.36. The van der Waals surface area contributed by atoms with Crippen molar-refractivity contribution in [3.63, 3.8) is 0 Å². The van der Waals surface area contributed by atoms with Crippen LogP contribution < -0.4 is 20.1 Å². The average molecular weight is 306 g/mol. The van der Waals surface area contributed by atoms with E-state index in [0.717, 1.165) is 5.56 Å². The smallest absolute Gasteiger partial charge is 0.315 e. The van der Waals surface area contributed by atoms with Crippen molar-refractivity contribution < 1.29 is 23.8 Å². The second-order valence-corrected chi connectivity index (χ2v) is 5.27. The van der Waals surface area contributed by atoms with E-state index in [-0.39, 0.29) is 24.8 Å². The van der Waals surface area contributed by atoms with Crippen LogP contribution >= 0.6 is 0 Å². The fourth-order valence-corrected chi connectivity index (χ4v) is 2.83. The number of urea groups is 1. The largest absolute Gasteiger partial charge is 0.466 e. The van der Waals surface area contributed by atoms with Crippen LogP contribution in [-0.4, -0.2) is 31.4 Å². The van der Waals surface area contributed by atoms with Gasteiger partial charge in [0.15, 0.2) is 11.5 Å². The summed E-state index contributed by atoms with van der Waals surface area (Å²) in [5.74, 6) is 0.411. The van der Waals surface area contributed by atoms with Crippen molar-refractivity contribution in [2.75, 3.05) is 13.4 Å². The third kappa shape index (κ3) is 2.54. The lowest BCUT2D eigenvalue weighted by atomic mass is 9.86. The zero-order chi connectivity index (χ0) is 15.7. The maximum atomic E-state index is 12.3. The normalized spacial score (nSPS) is 26.1. The van der Waals surface area contributed by atoms with Crippen molar-refractivity contribution in [3.8, 4) is 11.5 Å². The molecule has 3 rings (SSSR count). The Morgan fingerprint density at radius 2 is 2.09 bits per heavy atom. The first kappa shape index (κ1) is 14.5. The van der Waals surface area contributed by atoms with Gasteiger partial charge in [-0.3, -0.25) is 4.79 Å². The molecule has 1 saturated heterocycles. The fourth-order valence-electron chi connectivity index (χ4n) is 2.83. The van der Waals surface area contributed by atoms with E-state index in [0.29, 0.717) is 18.1 Å². The molecule has 2 aliphatic heterocycles. The Morgan fingerprint density at radius 3 is 2.86 bits per heavy atom. The van der Waals surface area contributed by atoms with Crippen molar-refractivity contribution in [3.05, 3.63) is 23.8 Å². The van der Waals surface area contributed by atoms with Crippen LogP contribution in [0.5, 0.6) is 11.5 Å². The summed E-state index contributed by atoms with van der Waals surface area (Å²) in [6.07, 6.45) is 0. The number of ether oxygens (including phenoxy) is 3. The molecule has 0 aliphatic carbocycles. The van der Waals surface area contributed by atoms with Crippen LogP contribution in [0.25, 0.3) is 0 Å². The van der Waals surface area contributed by atoms with E-state index in [4.69, 9.17) is 14.2 Å². The van der Waals surface area contributed by atoms with E-state index in [1.807, 2.05) is 6.07 Å². The highest BCUT2D eigenvalue weighted by Crippen LogP contribution is 2.37.